The molecule has 10 heteroatoms. The molecule has 4 rings (SSSR count). The molecule has 3 heterocycles. The van der Waals surface area contributed by atoms with Crippen molar-refractivity contribution in [3.8, 4) is 0 Å². The lowest BCUT2D eigenvalue weighted by atomic mass is 10.3. The van der Waals surface area contributed by atoms with Crippen LogP contribution in [0.3, 0.4) is 0 Å². The van der Waals surface area contributed by atoms with E-state index in [1.54, 1.807) is 41.1 Å². The van der Waals surface area contributed by atoms with Gasteiger partial charge in [-0.3, -0.25) is 9.20 Å². The number of anilines is 1. The average molecular weight is 532 g/mol. The number of pyridine rings is 2. The molecule has 0 unspecified atom stereocenters. The van der Waals surface area contributed by atoms with Crippen molar-refractivity contribution in [2.45, 2.75) is 42.7 Å². The number of rotatable bonds is 7. The van der Waals surface area contributed by atoms with Crippen LogP contribution < -0.4 is 15.9 Å². The van der Waals surface area contributed by atoms with E-state index in [0.717, 1.165) is 4.47 Å². The number of hydrogen-bond donors (Lipinski definition) is 1. The summed E-state index contributed by atoms with van der Waals surface area (Å²) in [5.74, 6) is 0.0298. The highest BCUT2D eigenvalue weighted by atomic mass is 79.9. The van der Waals surface area contributed by atoms with E-state index in [4.69, 9.17) is 10.5 Å². The van der Waals surface area contributed by atoms with Crippen molar-refractivity contribution >= 4 is 48.3 Å². The zero-order chi connectivity index (χ0) is 23.8. The number of sulfone groups is 1. The van der Waals surface area contributed by atoms with Gasteiger partial charge >= 0.3 is 0 Å². The lowest BCUT2D eigenvalue weighted by molar-refractivity contribution is -0.661. The van der Waals surface area contributed by atoms with E-state index in [1.165, 1.54) is 22.6 Å². The molecule has 0 saturated carbocycles. The Balaban J connectivity index is 1.96. The largest absolute Gasteiger partial charge is 0.379 e. The van der Waals surface area contributed by atoms with Crippen LogP contribution in [0.1, 0.15) is 20.3 Å². The third-order valence-corrected chi connectivity index (χ3v) is 7.54. The first-order valence-corrected chi connectivity index (χ1v) is 12.7. The Hall–Kier alpha value is -2.82. The minimum atomic E-state index is -3.99. The van der Waals surface area contributed by atoms with Crippen molar-refractivity contribution in [3.63, 3.8) is 0 Å². The Kier molecular flexibility index (Phi) is 6.51. The predicted octanol–water partition coefficient (Wildman–Crippen LogP) is 3.13. The standard InChI is InChI=1S/C23H23BrN4O4S/c1-15(2)32-13-5-12-28-21(25)19(33(30,31)17-9-7-16(24)8-10-17)14-18-22(28)26-20-6-3-4-11-27(20)23(18)29/h3-4,6-11,14-15,25H,5,12-13H2,1-2H3/p+1. The van der Waals surface area contributed by atoms with Gasteiger partial charge < -0.3 is 10.5 Å². The smallest absolute Gasteiger partial charge is 0.278 e. The molecule has 0 aliphatic rings. The van der Waals surface area contributed by atoms with Gasteiger partial charge in [-0.1, -0.05) is 27.0 Å². The van der Waals surface area contributed by atoms with E-state index in [9.17, 15) is 13.2 Å². The van der Waals surface area contributed by atoms with Crippen LogP contribution in [-0.4, -0.2) is 30.5 Å². The van der Waals surface area contributed by atoms with Gasteiger partial charge in [0.15, 0.2) is 0 Å². The molecule has 0 radical (unpaired) electrons. The van der Waals surface area contributed by atoms with Gasteiger partial charge in [0.2, 0.25) is 21.3 Å². The zero-order valence-corrected chi connectivity index (χ0v) is 20.6. The van der Waals surface area contributed by atoms with Crippen molar-refractivity contribution in [1.29, 1.82) is 0 Å². The fourth-order valence-electron chi connectivity index (χ4n) is 3.60. The van der Waals surface area contributed by atoms with Gasteiger partial charge in [0.05, 0.1) is 17.5 Å². The topological polar surface area (TPSA) is 108 Å². The average Bonchev–Trinajstić information content (AvgIpc) is 2.78. The van der Waals surface area contributed by atoms with Crippen molar-refractivity contribution < 1.29 is 17.7 Å². The van der Waals surface area contributed by atoms with Gasteiger partial charge in [-0.15, -0.1) is 0 Å². The third kappa shape index (κ3) is 4.50. The van der Waals surface area contributed by atoms with Gasteiger partial charge in [0.25, 0.3) is 11.2 Å². The molecule has 8 nitrogen and oxygen atoms in total. The van der Waals surface area contributed by atoms with Gasteiger partial charge in [0, 0.05) is 23.7 Å². The molecule has 0 atom stereocenters. The molecule has 3 aromatic heterocycles. The highest BCUT2D eigenvalue weighted by molar-refractivity contribution is 9.10. The highest BCUT2D eigenvalue weighted by Gasteiger charge is 2.29. The van der Waals surface area contributed by atoms with Gasteiger partial charge in [-0.25, -0.2) is 13.0 Å². The molecular weight excluding hydrogens is 508 g/mol. The monoisotopic (exact) mass is 531 g/mol. The van der Waals surface area contributed by atoms with Crippen LogP contribution in [0.15, 0.2) is 73.8 Å². The maximum absolute atomic E-state index is 13.5. The summed E-state index contributed by atoms with van der Waals surface area (Å²) in [5, 5.41) is 0.174. The zero-order valence-electron chi connectivity index (χ0n) is 18.2. The first kappa shape index (κ1) is 23.3. The fourth-order valence-corrected chi connectivity index (χ4v) is 5.27. The highest BCUT2D eigenvalue weighted by Crippen LogP contribution is 2.27. The van der Waals surface area contributed by atoms with E-state index in [0.29, 0.717) is 30.9 Å². The van der Waals surface area contributed by atoms with Crippen molar-refractivity contribution in [1.82, 2.24) is 9.38 Å². The second kappa shape index (κ2) is 9.20. The van der Waals surface area contributed by atoms with E-state index in [1.807, 2.05) is 13.8 Å². The number of aryl methyl sites for hydroxylation is 1. The molecule has 0 aliphatic heterocycles. The minimum absolute atomic E-state index is 0.0298. The first-order chi connectivity index (χ1) is 15.7. The van der Waals surface area contributed by atoms with Crippen LogP contribution in [0.4, 0.5) is 5.82 Å². The molecule has 0 aliphatic carbocycles. The Labute approximate surface area is 199 Å². The normalized spacial score (nSPS) is 12.1. The Morgan fingerprint density at radius 1 is 1.18 bits per heavy atom. The van der Waals surface area contributed by atoms with Gasteiger partial charge in [-0.05, 0) is 56.3 Å². The number of benzene rings is 1. The van der Waals surface area contributed by atoms with Crippen molar-refractivity contribution in [2.24, 2.45) is 0 Å². The number of fused-ring (bicyclic) bond motifs is 2. The molecule has 1 aromatic carbocycles. The summed E-state index contributed by atoms with van der Waals surface area (Å²) in [5.41, 5.74) is 6.84. The number of hydrogen-bond acceptors (Lipinski definition) is 6. The molecule has 0 saturated heterocycles. The van der Waals surface area contributed by atoms with E-state index >= 15 is 0 Å². The summed E-state index contributed by atoms with van der Waals surface area (Å²) in [7, 11) is -3.99. The number of aromatic nitrogens is 3. The van der Waals surface area contributed by atoms with Crippen LogP contribution in [0.2, 0.25) is 0 Å². The molecule has 0 amide bonds. The molecule has 0 bridgehead atoms. The summed E-state index contributed by atoms with van der Waals surface area (Å²) in [4.78, 5) is 17.9. The van der Waals surface area contributed by atoms with Crippen molar-refractivity contribution in [3.05, 3.63) is 69.6 Å². The fraction of sp³-hybridized carbons (Fsp3) is 0.261. The van der Waals surface area contributed by atoms with Crippen LogP contribution in [0.5, 0.6) is 0 Å². The Morgan fingerprint density at radius 2 is 1.91 bits per heavy atom. The second-order valence-corrected chi connectivity index (χ2v) is 10.7. The quantitative estimate of drug-likeness (QED) is 0.223. The molecule has 0 spiro atoms. The number of halogens is 1. The number of nitrogens with two attached hydrogens (primary N) is 1. The Bertz CT molecular complexity index is 1500. The first-order valence-electron chi connectivity index (χ1n) is 10.5. The van der Waals surface area contributed by atoms with Gasteiger partial charge in [0.1, 0.15) is 10.3 Å². The molecule has 4 aromatic rings. The Morgan fingerprint density at radius 3 is 2.61 bits per heavy atom. The lowest BCUT2D eigenvalue weighted by Crippen LogP contribution is -2.42. The lowest BCUT2D eigenvalue weighted by Gasteiger charge is -2.13. The van der Waals surface area contributed by atoms with Crippen LogP contribution in [0, 0.1) is 0 Å². The molecule has 33 heavy (non-hydrogen) atoms. The van der Waals surface area contributed by atoms with Crippen LogP contribution in [-0.2, 0) is 21.1 Å². The molecule has 172 valence electrons. The number of nitrogen functional groups attached to an aromatic ring is 1. The summed E-state index contributed by atoms with van der Waals surface area (Å²) in [6.07, 6.45) is 2.24. The maximum Gasteiger partial charge on any atom is 0.278 e. The summed E-state index contributed by atoms with van der Waals surface area (Å²) in [6, 6.07) is 12.8. The summed E-state index contributed by atoms with van der Waals surface area (Å²) < 4.78 is 36.3. The third-order valence-electron chi connectivity index (χ3n) is 5.21. The maximum atomic E-state index is 13.5. The second-order valence-electron chi connectivity index (χ2n) is 7.86. The summed E-state index contributed by atoms with van der Waals surface area (Å²) in [6.45, 7) is 4.68. The number of nitrogens with zero attached hydrogens (tertiary/aromatic N) is 3. The minimum Gasteiger partial charge on any atom is -0.379 e. The predicted molar refractivity (Wildman–Crippen MR) is 129 cm³/mol. The van der Waals surface area contributed by atoms with Crippen LogP contribution in [0.25, 0.3) is 16.7 Å². The summed E-state index contributed by atoms with van der Waals surface area (Å²) >= 11 is 3.32. The van der Waals surface area contributed by atoms with Gasteiger partial charge in [-0.2, -0.15) is 0 Å². The van der Waals surface area contributed by atoms with E-state index in [-0.39, 0.29) is 32.7 Å². The molecular formula is C23H24BrN4O4S+. The SMILES string of the molecule is CC(C)OCCC[n+]1c(N)c(S(=O)(=O)c2ccc(Br)cc2)cc2c(=O)n3ccccc3nc21. The van der Waals surface area contributed by atoms with Crippen LogP contribution >= 0.6 is 15.9 Å². The molecule has 0 fully saturated rings. The van der Waals surface area contributed by atoms with E-state index < -0.39 is 9.84 Å². The number of ether oxygens (including phenoxy) is 1. The van der Waals surface area contributed by atoms with E-state index in [2.05, 4.69) is 20.9 Å². The van der Waals surface area contributed by atoms with Crippen molar-refractivity contribution in [2.75, 3.05) is 12.3 Å². The molecule has 2 N–H and O–H groups in total.